The molecule has 3 rings (SSSR count). The Bertz CT molecular complexity index is 1300. The third-order valence-electron chi connectivity index (χ3n) is 4.75. The average Bonchev–Trinajstić information content (AvgIpc) is 3.19. The number of nitriles is 1. The van der Waals surface area contributed by atoms with Gasteiger partial charge < -0.3 is 11.2 Å². The number of hydrogen-bond acceptors (Lipinski definition) is 8. The van der Waals surface area contributed by atoms with Crippen LogP contribution in [0.3, 0.4) is 0 Å². The fourth-order valence-electron chi connectivity index (χ4n) is 3.09. The fourth-order valence-corrected chi connectivity index (χ4v) is 5.25. The van der Waals surface area contributed by atoms with Crippen LogP contribution < -0.4 is 11.2 Å². The molecule has 12 heteroatoms. The lowest BCUT2D eigenvalue weighted by Crippen LogP contribution is -2.30. The molecular weight excluding hydrogens is 462 g/mol. The molecule has 0 unspecified atom stereocenters. The minimum atomic E-state index is -3.64. The number of carbonyl (C=O) groups is 1. The molecular formula is C21H23N7O3S2. The molecule has 0 spiro atoms. The van der Waals surface area contributed by atoms with Crippen molar-refractivity contribution in [3.63, 3.8) is 0 Å². The highest BCUT2D eigenvalue weighted by Gasteiger charge is 2.23. The Morgan fingerprint density at radius 2 is 1.91 bits per heavy atom. The van der Waals surface area contributed by atoms with Gasteiger partial charge in [-0.1, -0.05) is 49.9 Å². The van der Waals surface area contributed by atoms with Crippen molar-refractivity contribution in [3.8, 4) is 17.5 Å². The number of nitrogens with two attached hydrogens (primary N) is 1. The number of carbonyl (C=O) groups excluding carboxylic acids is 1. The van der Waals surface area contributed by atoms with Crippen molar-refractivity contribution < 1.29 is 13.2 Å². The van der Waals surface area contributed by atoms with Gasteiger partial charge in [-0.2, -0.15) is 9.57 Å². The van der Waals surface area contributed by atoms with E-state index in [2.05, 4.69) is 15.5 Å². The van der Waals surface area contributed by atoms with E-state index >= 15 is 0 Å². The predicted molar refractivity (Wildman–Crippen MR) is 126 cm³/mol. The van der Waals surface area contributed by atoms with Gasteiger partial charge in [0.1, 0.15) is 6.07 Å². The van der Waals surface area contributed by atoms with Gasteiger partial charge in [0.25, 0.3) is 0 Å². The number of amides is 1. The Morgan fingerprint density at radius 3 is 2.61 bits per heavy atom. The van der Waals surface area contributed by atoms with Crippen LogP contribution >= 0.6 is 11.8 Å². The molecule has 0 saturated heterocycles. The van der Waals surface area contributed by atoms with Crippen molar-refractivity contribution in [2.24, 2.45) is 0 Å². The lowest BCUT2D eigenvalue weighted by molar-refractivity contribution is -0.113. The molecule has 0 aliphatic rings. The van der Waals surface area contributed by atoms with Crippen molar-refractivity contribution in [2.75, 3.05) is 30.0 Å². The Hall–Kier alpha value is -3.40. The molecule has 0 aliphatic carbocycles. The van der Waals surface area contributed by atoms with Crippen LogP contribution in [0.1, 0.15) is 19.4 Å². The molecule has 33 heavy (non-hydrogen) atoms. The number of anilines is 1. The van der Waals surface area contributed by atoms with Crippen LogP contribution in [0.15, 0.2) is 58.6 Å². The van der Waals surface area contributed by atoms with E-state index in [1.54, 1.807) is 50.2 Å². The Labute approximate surface area is 196 Å². The first-order valence-corrected chi connectivity index (χ1v) is 12.5. The number of sulfonamides is 1. The molecule has 0 saturated carbocycles. The second-order valence-corrected chi connectivity index (χ2v) is 9.67. The van der Waals surface area contributed by atoms with Crippen molar-refractivity contribution in [2.45, 2.75) is 23.9 Å². The molecule has 0 aliphatic heterocycles. The molecule has 0 radical (unpaired) electrons. The third-order valence-corrected chi connectivity index (χ3v) is 7.74. The summed E-state index contributed by atoms with van der Waals surface area (Å²) in [4.78, 5) is 12.4. The summed E-state index contributed by atoms with van der Waals surface area (Å²) in [6.45, 7) is 4.27. The highest BCUT2D eigenvalue weighted by molar-refractivity contribution is 7.99. The molecule has 0 atom stereocenters. The summed E-state index contributed by atoms with van der Waals surface area (Å²) in [6.07, 6.45) is 0. The Balaban J connectivity index is 1.75. The predicted octanol–water partition coefficient (Wildman–Crippen LogP) is 2.29. The fraction of sp³-hybridized carbons (Fsp3) is 0.238. The van der Waals surface area contributed by atoms with E-state index in [1.165, 1.54) is 21.1 Å². The van der Waals surface area contributed by atoms with Crippen molar-refractivity contribution in [1.29, 1.82) is 5.26 Å². The molecule has 1 aromatic heterocycles. The maximum absolute atomic E-state index is 12.8. The summed E-state index contributed by atoms with van der Waals surface area (Å²) in [5.41, 5.74) is 1.27. The SMILES string of the molecule is CCN(CC)S(=O)(=O)c1cccc(-c2nnc(SCC(=O)Nc3ccccc3C#N)n2N)c1. The number of para-hydroxylation sites is 1. The van der Waals surface area contributed by atoms with Crippen LogP contribution in [0, 0.1) is 11.3 Å². The van der Waals surface area contributed by atoms with Crippen molar-refractivity contribution in [1.82, 2.24) is 19.2 Å². The van der Waals surface area contributed by atoms with Gasteiger partial charge in [-0.25, -0.2) is 13.1 Å². The molecule has 10 nitrogen and oxygen atoms in total. The first kappa shape index (κ1) is 24.2. The summed E-state index contributed by atoms with van der Waals surface area (Å²) < 4.78 is 28.2. The molecule has 1 amide bonds. The number of nitrogen functional groups attached to an aromatic ring is 1. The minimum Gasteiger partial charge on any atom is -0.335 e. The lowest BCUT2D eigenvalue weighted by atomic mass is 10.2. The summed E-state index contributed by atoms with van der Waals surface area (Å²) in [5, 5.41) is 20.2. The summed E-state index contributed by atoms with van der Waals surface area (Å²) in [7, 11) is -3.64. The molecule has 3 N–H and O–H groups in total. The van der Waals surface area contributed by atoms with Crippen LogP contribution in [0.25, 0.3) is 11.4 Å². The van der Waals surface area contributed by atoms with Crippen LogP contribution in [-0.2, 0) is 14.8 Å². The molecule has 2 aromatic carbocycles. The van der Waals surface area contributed by atoms with Gasteiger partial charge in [0.15, 0.2) is 5.82 Å². The minimum absolute atomic E-state index is 0.00846. The third kappa shape index (κ3) is 5.33. The van der Waals surface area contributed by atoms with Crippen LogP contribution in [0.5, 0.6) is 0 Å². The molecule has 1 heterocycles. The summed E-state index contributed by atoms with van der Waals surface area (Å²) in [5.74, 6) is 6.05. The highest BCUT2D eigenvalue weighted by Crippen LogP contribution is 2.25. The van der Waals surface area contributed by atoms with Gasteiger partial charge in [-0.3, -0.25) is 4.79 Å². The average molecular weight is 486 g/mol. The van der Waals surface area contributed by atoms with E-state index in [4.69, 9.17) is 11.1 Å². The van der Waals surface area contributed by atoms with E-state index < -0.39 is 10.0 Å². The standard InChI is InChI=1S/C21H23N7O3S2/c1-3-27(4-2)33(30,31)17-10-7-9-15(12-17)20-25-26-21(28(20)23)32-14-19(29)24-18-11-6-5-8-16(18)13-22/h5-12H,3-4,14,23H2,1-2H3,(H,24,29). The van der Waals surface area contributed by atoms with Gasteiger partial charge in [-0.15, -0.1) is 10.2 Å². The smallest absolute Gasteiger partial charge is 0.243 e. The highest BCUT2D eigenvalue weighted by atomic mass is 32.2. The largest absolute Gasteiger partial charge is 0.335 e. The number of rotatable bonds is 9. The zero-order chi connectivity index (χ0) is 24.0. The zero-order valence-electron chi connectivity index (χ0n) is 18.1. The Morgan fingerprint density at radius 1 is 1.18 bits per heavy atom. The van der Waals surface area contributed by atoms with Crippen LogP contribution in [0.2, 0.25) is 0 Å². The maximum atomic E-state index is 12.8. The first-order valence-electron chi connectivity index (χ1n) is 10.0. The molecule has 0 fully saturated rings. The quantitative estimate of drug-likeness (QED) is 0.347. The topological polar surface area (TPSA) is 147 Å². The second kappa shape index (κ2) is 10.5. The van der Waals surface area contributed by atoms with E-state index in [0.29, 0.717) is 29.9 Å². The van der Waals surface area contributed by atoms with Crippen molar-refractivity contribution >= 4 is 33.4 Å². The maximum Gasteiger partial charge on any atom is 0.243 e. The number of nitrogens with one attached hydrogen (secondary N) is 1. The second-order valence-electron chi connectivity index (χ2n) is 6.79. The van der Waals surface area contributed by atoms with Crippen LogP contribution in [-0.4, -0.2) is 52.3 Å². The van der Waals surface area contributed by atoms with E-state index in [0.717, 1.165) is 11.8 Å². The normalized spacial score (nSPS) is 11.3. The number of aromatic nitrogens is 3. The monoisotopic (exact) mass is 485 g/mol. The van der Waals surface area contributed by atoms with E-state index in [-0.39, 0.29) is 27.5 Å². The van der Waals surface area contributed by atoms with Gasteiger partial charge in [0.2, 0.25) is 21.1 Å². The summed E-state index contributed by atoms with van der Waals surface area (Å²) in [6, 6.07) is 15.0. The zero-order valence-corrected chi connectivity index (χ0v) is 19.7. The van der Waals surface area contributed by atoms with Gasteiger partial charge >= 0.3 is 0 Å². The van der Waals surface area contributed by atoms with E-state index in [1.807, 2.05) is 6.07 Å². The van der Waals surface area contributed by atoms with Crippen molar-refractivity contribution in [3.05, 3.63) is 54.1 Å². The van der Waals surface area contributed by atoms with Gasteiger partial charge in [0.05, 0.1) is 21.9 Å². The van der Waals surface area contributed by atoms with E-state index in [9.17, 15) is 13.2 Å². The Kier molecular flexibility index (Phi) is 7.70. The number of hydrogen-bond donors (Lipinski definition) is 2. The number of benzene rings is 2. The molecule has 0 bridgehead atoms. The first-order chi connectivity index (χ1) is 15.8. The van der Waals surface area contributed by atoms with Crippen LogP contribution in [0.4, 0.5) is 5.69 Å². The summed E-state index contributed by atoms with van der Waals surface area (Å²) >= 11 is 1.07. The molecule has 172 valence electrons. The van der Waals surface area contributed by atoms with Gasteiger partial charge in [0, 0.05) is 18.7 Å². The van der Waals surface area contributed by atoms with Gasteiger partial charge in [-0.05, 0) is 24.3 Å². The lowest BCUT2D eigenvalue weighted by Gasteiger charge is -2.18. The number of thioether (sulfide) groups is 1. The number of nitrogens with zero attached hydrogens (tertiary/aromatic N) is 5. The molecule has 3 aromatic rings.